The van der Waals surface area contributed by atoms with Gasteiger partial charge in [-0.2, -0.15) is 0 Å². The predicted molar refractivity (Wildman–Crippen MR) is 121 cm³/mol. The summed E-state index contributed by atoms with van der Waals surface area (Å²) in [6.45, 7) is 1.90. The van der Waals surface area contributed by atoms with E-state index in [2.05, 4.69) is 15.6 Å². The molecule has 1 saturated heterocycles. The third kappa shape index (κ3) is 6.19. The first-order valence-corrected chi connectivity index (χ1v) is 9.24. The lowest BCUT2D eigenvalue weighted by Crippen LogP contribution is -2.36. The fourth-order valence-corrected chi connectivity index (χ4v) is 3.11. The number of nitrogens with one attached hydrogen (secondary N) is 2. The zero-order valence-corrected chi connectivity index (χ0v) is 18.3. The van der Waals surface area contributed by atoms with Crippen LogP contribution in [0.15, 0.2) is 53.5 Å². The van der Waals surface area contributed by atoms with E-state index < -0.39 is 0 Å². The molecule has 0 aromatic heterocycles. The largest absolute Gasteiger partial charge is 0.352 e. The van der Waals surface area contributed by atoms with E-state index in [-0.39, 0.29) is 35.7 Å². The zero-order valence-electron chi connectivity index (χ0n) is 16.0. The van der Waals surface area contributed by atoms with E-state index in [1.54, 1.807) is 13.1 Å². The molecule has 2 aromatic carbocycles. The van der Waals surface area contributed by atoms with Crippen molar-refractivity contribution >= 4 is 41.5 Å². The first kappa shape index (κ1) is 22.1. The van der Waals surface area contributed by atoms with Crippen LogP contribution in [-0.2, 0) is 17.9 Å². The molecule has 1 aliphatic rings. The van der Waals surface area contributed by atoms with Gasteiger partial charge in [0.1, 0.15) is 5.82 Å². The molecule has 1 fully saturated rings. The molecule has 0 atom stereocenters. The molecule has 1 aliphatic heterocycles. The van der Waals surface area contributed by atoms with Gasteiger partial charge in [0.05, 0.1) is 0 Å². The Morgan fingerprint density at radius 2 is 1.79 bits per heavy atom. The highest BCUT2D eigenvalue weighted by Gasteiger charge is 2.19. The Labute approximate surface area is 182 Å². The van der Waals surface area contributed by atoms with Gasteiger partial charge < -0.3 is 15.5 Å². The fourth-order valence-electron chi connectivity index (χ4n) is 3.11. The van der Waals surface area contributed by atoms with Crippen molar-refractivity contribution in [3.63, 3.8) is 0 Å². The number of carbonyl (C=O) groups excluding carboxylic acids is 1. The van der Waals surface area contributed by atoms with Gasteiger partial charge in [0.15, 0.2) is 5.96 Å². The molecule has 0 unspecified atom stereocenters. The molecule has 0 bridgehead atoms. The highest BCUT2D eigenvalue weighted by atomic mass is 127. The summed E-state index contributed by atoms with van der Waals surface area (Å²) < 4.78 is 13.2. The maximum Gasteiger partial charge on any atom is 0.226 e. The fraction of sp³-hybridized carbons (Fsp3) is 0.333. The third-order valence-electron chi connectivity index (χ3n) is 4.60. The summed E-state index contributed by atoms with van der Waals surface area (Å²) in [4.78, 5) is 18.1. The molecule has 0 radical (unpaired) electrons. The lowest BCUT2D eigenvalue weighted by atomic mass is 10.1. The number of rotatable bonds is 5. The standard InChI is InChI=1S/C21H25FN4O.HI/c1-23-21(25-15-17-5-4-6-18(22)13-17)24-14-16-8-10-19(11-9-16)26-12-3-2-7-20(26)27;/h4-6,8-11,13H,2-3,7,12,14-15H2,1H3,(H2,23,24,25);1H. The Morgan fingerprint density at radius 1 is 1.07 bits per heavy atom. The number of anilines is 1. The molecule has 0 aliphatic carbocycles. The molecule has 2 N–H and O–H groups in total. The highest BCUT2D eigenvalue weighted by molar-refractivity contribution is 14.0. The van der Waals surface area contributed by atoms with Gasteiger partial charge in [0.25, 0.3) is 0 Å². The van der Waals surface area contributed by atoms with Crippen LogP contribution in [0, 0.1) is 5.82 Å². The minimum absolute atomic E-state index is 0. The van der Waals surface area contributed by atoms with Crippen LogP contribution < -0.4 is 15.5 Å². The number of carbonyl (C=O) groups is 1. The lowest BCUT2D eigenvalue weighted by molar-refractivity contribution is -0.119. The van der Waals surface area contributed by atoms with Crippen molar-refractivity contribution in [2.75, 3.05) is 18.5 Å². The van der Waals surface area contributed by atoms with Crippen molar-refractivity contribution < 1.29 is 9.18 Å². The summed E-state index contributed by atoms with van der Waals surface area (Å²) in [5.74, 6) is 0.605. The summed E-state index contributed by atoms with van der Waals surface area (Å²) in [7, 11) is 1.70. The Hall–Kier alpha value is -2.16. The van der Waals surface area contributed by atoms with Crippen LogP contribution in [0.5, 0.6) is 0 Å². The van der Waals surface area contributed by atoms with Gasteiger partial charge >= 0.3 is 0 Å². The average Bonchev–Trinajstić information content (AvgIpc) is 2.69. The molecule has 0 saturated carbocycles. The molecule has 7 heteroatoms. The molecule has 3 rings (SSSR count). The van der Waals surface area contributed by atoms with E-state index in [9.17, 15) is 9.18 Å². The normalized spacial score (nSPS) is 14.4. The van der Waals surface area contributed by atoms with Crippen molar-refractivity contribution in [1.29, 1.82) is 0 Å². The van der Waals surface area contributed by atoms with Gasteiger partial charge in [-0.25, -0.2) is 4.39 Å². The maximum atomic E-state index is 13.2. The van der Waals surface area contributed by atoms with Gasteiger partial charge in [-0.1, -0.05) is 24.3 Å². The first-order chi connectivity index (χ1) is 13.2. The molecule has 5 nitrogen and oxygen atoms in total. The van der Waals surface area contributed by atoms with Crippen LogP contribution >= 0.6 is 24.0 Å². The lowest BCUT2D eigenvalue weighted by Gasteiger charge is -2.26. The Kier molecular flexibility index (Phi) is 8.69. The van der Waals surface area contributed by atoms with E-state index in [4.69, 9.17) is 0 Å². The smallest absolute Gasteiger partial charge is 0.226 e. The average molecular weight is 496 g/mol. The van der Waals surface area contributed by atoms with E-state index in [0.717, 1.165) is 36.2 Å². The summed E-state index contributed by atoms with van der Waals surface area (Å²) in [6, 6.07) is 14.5. The second-order valence-corrected chi connectivity index (χ2v) is 6.58. The quantitative estimate of drug-likeness (QED) is 0.376. The number of hydrogen-bond acceptors (Lipinski definition) is 2. The van der Waals surface area contributed by atoms with Crippen molar-refractivity contribution in [1.82, 2.24) is 10.6 Å². The van der Waals surface area contributed by atoms with E-state index >= 15 is 0 Å². The molecule has 150 valence electrons. The van der Waals surface area contributed by atoms with Crippen LogP contribution in [0.25, 0.3) is 0 Å². The topological polar surface area (TPSA) is 56.7 Å². The second-order valence-electron chi connectivity index (χ2n) is 6.58. The van der Waals surface area contributed by atoms with Crippen LogP contribution in [0.4, 0.5) is 10.1 Å². The molecular weight excluding hydrogens is 470 g/mol. The minimum atomic E-state index is -0.246. The SMILES string of the molecule is CN=C(NCc1ccc(N2CCCCC2=O)cc1)NCc1cccc(F)c1.I. The summed E-state index contributed by atoms with van der Waals surface area (Å²) in [5.41, 5.74) is 2.91. The monoisotopic (exact) mass is 496 g/mol. The van der Waals surface area contributed by atoms with Crippen molar-refractivity contribution in [2.24, 2.45) is 4.99 Å². The number of guanidine groups is 1. The summed E-state index contributed by atoms with van der Waals surface area (Å²) in [5, 5.41) is 6.41. The van der Waals surface area contributed by atoms with Crippen molar-refractivity contribution in [2.45, 2.75) is 32.4 Å². The third-order valence-corrected chi connectivity index (χ3v) is 4.60. The Balaban J connectivity index is 0.00000280. The van der Waals surface area contributed by atoms with E-state index in [1.165, 1.54) is 12.1 Å². The van der Waals surface area contributed by atoms with Crippen LogP contribution in [0.1, 0.15) is 30.4 Å². The van der Waals surface area contributed by atoms with E-state index in [1.807, 2.05) is 35.2 Å². The predicted octanol–water partition coefficient (Wildman–Crippen LogP) is 3.83. The molecule has 1 amide bonds. The summed E-state index contributed by atoms with van der Waals surface area (Å²) in [6.07, 6.45) is 2.68. The number of nitrogens with zero attached hydrogens (tertiary/aromatic N) is 2. The number of aliphatic imine (C=N–C) groups is 1. The van der Waals surface area contributed by atoms with Gasteiger partial charge in [-0.05, 0) is 48.2 Å². The number of piperidine rings is 1. The molecule has 1 heterocycles. The van der Waals surface area contributed by atoms with E-state index in [0.29, 0.717) is 25.5 Å². The molecule has 2 aromatic rings. The van der Waals surface area contributed by atoms with Gasteiger partial charge in [-0.15, -0.1) is 24.0 Å². The Morgan fingerprint density at radius 3 is 2.43 bits per heavy atom. The van der Waals surface area contributed by atoms with Crippen LogP contribution in [0.3, 0.4) is 0 Å². The van der Waals surface area contributed by atoms with Crippen LogP contribution in [-0.4, -0.2) is 25.5 Å². The van der Waals surface area contributed by atoms with Crippen molar-refractivity contribution in [3.05, 3.63) is 65.5 Å². The highest BCUT2D eigenvalue weighted by Crippen LogP contribution is 2.21. The number of halogens is 2. The number of hydrogen-bond donors (Lipinski definition) is 2. The number of benzene rings is 2. The Bertz CT molecular complexity index is 810. The van der Waals surface area contributed by atoms with Gasteiger partial charge in [-0.3, -0.25) is 9.79 Å². The molecular formula is C21H26FIN4O. The van der Waals surface area contributed by atoms with Crippen LogP contribution in [0.2, 0.25) is 0 Å². The minimum Gasteiger partial charge on any atom is -0.352 e. The number of amides is 1. The summed E-state index contributed by atoms with van der Waals surface area (Å²) >= 11 is 0. The van der Waals surface area contributed by atoms with Crippen molar-refractivity contribution in [3.8, 4) is 0 Å². The molecule has 0 spiro atoms. The van der Waals surface area contributed by atoms with Gasteiger partial charge in [0.2, 0.25) is 5.91 Å². The van der Waals surface area contributed by atoms with Gasteiger partial charge in [0, 0.05) is 38.8 Å². The zero-order chi connectivity index (χ0) is 19.1. The second kappa shape index (κ2) is 11.0. The maximum absolute atomic E-state index is 13.2. The first-order valence-electron chi connectivity index (χ1n) is 9.24. The molecule has 28 heavy (non-hydrogen) atoms.